The van der Waals surface area contributed by atoms with Gasteiger partial charge in [-0.05, 0) is 171 Å². The summed E-state index contributed by atoms with van der Waals surface area (Å²) in [7, 11) is 0. The van der Waals surface area contributed by atoms with E-state index in [1.165, 1.54) is 88.9 Å². The van der Waals surface area contributed by atoms with Crippen molar-refractivity contribution in [1.82, 2.24) is 13.7 Å². The molecular formula is C70H55N5. The van der Waals surface area contributed by atoms with Crippen LogP contribution in [0.5, 0.6) is 0 Å². The van der Waals surface area contributed by atoms with Crippen LogP contribution in [0.1, 0.15) is 47.3 Å². The molecule has 14 rings (SSSR count). The van der Waals surface area contributed by atoms with E-state index in [2.05, 4.69) is 267 Å². The lowest BCUT2D eigenvalue weighted by molar-refractivity contribution is 0.713. The summed E-state index contributed by atoms with van der Waals surface area (Å²) in [5.74, 6) is 0. The number of hydrogen-bond donors (Lipinski definition) is 0. The lowest BCUT2D eigenvalue weighted by Gasteiger charge is -2.36. The third-order valence-corrected chi connectivity index (χ3v) is 15.8. The van der Waals surface area contributed by atoms with Gasteiger partial charge in [-0.15, -0.1) is 0 Å². The molecule has 3 aliphatic carbocycles. The van der Waals surface area contributed by atoms with Crippen LogP contribution in [0.3, 0.4) is 0 Å². The number of aromatic nitrogens is 3. The van der Waals surface area contributed by atoms with Gasteiger partial charge in [0.2, 0.25) is 0 Å². The van der Waals surface area contributed by atoms with E-state index in [0.717, 1.165) is 65.9 Å². The number of hydrogen-bond acceptors (Lipinski definition) is 2. The first kappa shape index (κ1) is 44.4. The van der Waals surface area contributed by atoms with E-state index in [9.17, 15) is 0 Å². The minimum Gasteiger partial charge on any atom is -0.338 e. The molecule has 0 spiro atoms. The van der Waals surface area contributed by atoms with Crippen LogP contribution in [-0.4, -0.2) is 19.7 Å². The highest BCUT2D eigenvalue weighted by atomic mass is 15.2. The fraction of sp³-hybridized carbons (Fsp3) is 0.0857. The van der Waals surface area contributed by atoms with Gasteiger partial charge in [-0.25, -0.2) is 0 Å². The highest BCUT2D eigenvalue weighted by Gasteiger charge is 2.29. The molecule has 5 nitrogen and oxygen atoms in total. The molecule has 75 heavy (non-hydrogen) atoms. The summed E-state index contributed by atoms with van der Waals surface area (Å²) in [5.41, 5.74) is 21.7. The van der Waals surface area contributed by atoms with Gasteiger partial charge in [0.05, 0.1) is 28.1 Å². The minimum absolute atomic E-state index is 0.146. The zero-order valence-corrected chi connectivity index (χ0v) is 41.9. The van der Waals surface area contributed by atoms with E-state index in [1.54, 1.807) is 0 Å². The molecule has 0 amide bonds. The van der Waals surface area contributed by atoms with Gasteiger partial charge in [0, 0.05) is 89.6 Å². The lowest BCUT2D eigenvalue weighted by atomic mass is 9.95. The Kier molecular flexibility index (Phi) is 10.8. The van der Waals surface area contributed by atoms with E-state index < -0.39 is 0 Å². The third kappa shape index (κ3) is 7.45. The molecule has 0 N–H and O–H groups in total. The van der Waals surface area contributed by atoms with Crippen LogP contribution in [0.25, 0.3) is 78.9 Å². The van der Waals surface area contributed by atoms with Crippen molar-refractivity contribution in [2.24, 2.45) is 0 Å². The molecule has 5 heteroatoms. The summed E-state index contributed by atoms with van der Waals surface area (Å²) >= 11 is 0. The van der Waals surface area contributed by atoms with E-state index in [-0.39, 0.29) is 6.04 Å². The normalized spacial score (nSPS) is 15.0. The monoisotopic (exact) mass is 965 g/mol. The molecular weight excluding hydrogens is 911 g/mol. The summed E-state index contributed by atoms with van der Waals surface area (Å²) in [4.78, 5) is 5.06. The molecule has 0 saturated carbocycles. The maximum atomic E-state index is 4.19. The summed E-state index contributed by atoms with van der Waals surface area (Å²) in [6.07, 6.45) is 22.6. The number of allylic oxidation sites excluding steroid dienone is 5. The first-order valence-corrected chi connectivity index (χ1v) is 26.3. The van der Waals surface area contributed by atoms with Crippen LogP contribution >= 0.6 is 0 Å². The maximum absolute atomic E-state index is 4.19. The number of fused-ring (bicyclic) bond motifs is 9. The SMILES string of the molecule is C=CC1=Cc2c(n(-c3ccccc3)c3ccc(N(c4ccccc4)c4ccc5c(c4)c4cc(N(C6=Cc7c(n(-c8ccccc8)c8ccc(C=C)cc78)CC6)C6C=CC=CC6)ccc4n5-c4ccccc4)cc23)CC1. The second-order valence-electron chi connectivity index (χ2n) is 20.0. The first-order valence-electron chi connectivity index (χ1n) is 26.3. The Balaban J connectivity index is 0.963. The fourth-order valence-corrected chi connectivity index (χ4v) is 12.4. The van der Waals surface area contributed by atoms with Crippen molar-refractivity contribution in [1.29, 1.82) is 0 Å². The van der Waals surface area contributed by atoms with Crippen LogP contribution in [0, 0.1) is 0 Å². The van der Waals surface area contributed by atoms with Gasteiger partial charge >= 0.3 is 0 Å². The van der Waals surface area contributed by atoms with Gasteiger partial charge < -0.3 is 23.5 Å². The van der Waals surface area contributed by atoms with Crippen LogP contribution in [-0.2, 0) is 12.8 Å². The minimum atomic E-state index is 0.146. The average Bonchev–Trinajstić information content (AvgIpc) is 4.11. The van der Waals surface area contributed by atoms with Crippen molar-refractivity contribution in [2.75, 3.05) is 9.80 Å². The third-order valence-electron chi connectivity index (χ3n) is 15.8. The highest BCUT2D eigenvalue weighted by molar-refractivity contribution is 6.12. The second kappa shape index (κ2) is 18.3. The van der Waals surface area contributed by atoms with E-state index in [0.29, 0.717) is 0 Å². The molecule has 0 saturated heterocycles. The molecule has 360 valence electrons. The molecule has 11 aromatic rings. The van der Waals surface area contributed by atoms with E-state index in [4.69, 9.17) is 0 Å². The number of anilines is 4. The number of nitrogens with zero attached hydrogens (tertiary/aromatic N) is 5. The predicted octanol–water partition coefficient (Wildman–Crippen LogP) is 18.0. The molecule has 3 aromatic heterocycles. The van der Waals surface area contributed by atoms with Crippen molar-refractivity contribution in [3.63, 3.8) is 0 Å². The summed E-state index contributed by atoms with van der Waals surface area (Å²) in [6, 6.07) is 71.5. The topological polar surface area (TPSA) is 21.3 Å². The van der Waals surface area contributed by atoms with Crippen LogP contribution < -0.4 is 9.80 Å². The zero-order valence-electron chi connectivity index (χ0n) is 41.9. The molecule has 0 aliphatic heterocycles. The highest BCUT2D eigenvalue weighted by Crippen LogP contribution is 2.46. The van der Waals surface area contributed by atoms with Gasteiger partial charge in [-0.3, -0.25) is 0 Å². The summed E-state index contributed by atoms with van der Waals surface area (Å²) in [5, 5.41) is 4.90. The number of rotatable bonds is 11. The molecule has 0 bridgehead atoms. The quantitative estimate of drug-likeness (QED) is 0.129. The molecule has 3 heterocycles. The van der Waals surface area contributed by atoms with Gasteiger partial charge in [0.1, 0.15) is 0 Å². The summed E-state index contributed by atoms with van der Waals surface area (Å²) < 4.78 is 7.38. The average molecular weight is 966 g/mol. The summed E-state index contributed by atoms with van der Waals surface area (Å²) in [6.45, 7) is 8.35. The predicted molar refractivity (Wildman–Crippen MR) is 318 cm³/mol. The smallest absolute Gasteiger partial charge is 0.0556 e. The van der Waals surface area contributed by atoms with Crippen molar-refractivity contribution >= 4 is 84.6 Å². The Morgan fingerprint density at radius 2 is 0.933 bits per heavy atom. The standard InChI is InChI=1S/C70H55N5/c1-3-48-30-36-65-59(42-48)61-44-55(32-38-67(61)73(65)52-24-14-7-15-25-52)71(50-20-10-5-11-21-50)57-34-40-69-63(46-57)64-47-58(35-41-70(64)75(69)54-28-18-9-19-29-54)72(51-22-12-6-13-23-51)56-33-39-68-62(45-56)60-43-49(4-2)31-37-66(60)74(68)53-26-16-8-17-27-53/h3-22,24-29,31-32,34-35,37-38,40-47,51H,1-2,23,30,33,36,39H2. The molecule has 1 unspecified atom stereocenters. The fourth-order valence-electron chi connectivity index (χ4n) is 12.4. The Labute approximate surface area is 438 Å². The molecule has 3 aliphatic rings. The van der Waals surface area contributed by atoms with E-state index >= 15 is 0 Å². The largest absolute Gasteiger partial charge is 0.338 e. The van der Waals surface area contributed by atoms with Crippen molar-refractivity contribution in [3.8, 4) is 17.1 Å². The van der Waals surface area contributed by atoms with Crippen LogP contribution in [0.4, 0.5) is 22.7 Å². The molecule has 8 aromatic carbocycles. The molecule has 1 atom stereocenters. The van der Waals surface area contributed by atoms with Gasteiger partial charge in [0.25, 0.3) is 0 Å². The first-order chi connectivity index (χ1) is 37.1. The van der Waals surface area contributed by atoms with Gasteiger partial charge in [-0.1, -0.05) is 128 Å². The van der Waals surface area contributed by atoms with Crippen molar-refractivity contribution in [3.05, 3.63) is 277 Å². The second-order valence-corrected chi connectivity index (χ2v) is 20.0. The molecule has 0 radical (unpaired) electrons. The van der Waals surface area contributed by atoms with Crippen LogP contribution in [0.15, 0.2) is 249 Å². The van der Waals surface area contributed by atoms with Gasteiger partial charge in [0.15, 0.2) is 0 Å². The van der Waals surface area contributed by atoms with Crippen molar-refractivity contribution in [2.45, 2.75) is 38.1 Å². The number of para-hydroxylation sites is 4. The zero-order chi connectivity index (χ0) is 50.0. The Morgan fingerprint density at radius 1 is 0.427 bits per heavy atom. The number of benzene rings is 8. The lowest BCUT2D eigenvalue weighted by Crippen LogP contribution is -2.34. The Bertz CT molecular complexity index is 4180. The maximum Gasteiger partial charge on any atom is 0.0556 e. The Hall–Kier alpha value is -9.32. The van der Waals surface area contributed by atoms with Crippen molar-refractivity contribution < 1.29 is 0 Å². The van der Waals surface area contributed by atoms with E-state index in [1.807, 2.05) is 12.2 Å². The Morgan fingerprint density at radius 3 is 1.52 bits per heavy atom. The van der Waals surface area contributed by atoms with Crippen LogP contribution in [0.2, 0.25) is 0 Å². The molecule has 0 fully saturated rings. The van der Waals surface area contributed by atoms with Gasteiger partial charge in [-0.2, -0.15) is 0 Å².